The topological polar surface area (TPSA) is 49.4 Å². The Morgan fingerprint density at radius 3 is 2.41 bits per heavy atom. The van der Waals surface area contributed by atoms with E-state index in [1.54, 1.807) is 4.90 Å². The predicted molar refractivity (Wildman–Crippen MR) is 96.1 cm³/mol. The van der Waals surface area contributed by atoms with Crippen molar-refractivity contribution in [2.45, 2.75) is 19.5 Å². The van der Waals surface area contributed by atoms with Crippen LogP contribution in [0.4, 0.5) is 24.5 Å². The number of hydrogen-bond acceptors (Lipinski definition) is 2. The summed E-state index contributed by atoms with van der Waals surface area (Å²) in [6, 6.07) is 13.6. The van der Waals surface area contributed by atoms with Crippen LogP contribution in [0, 0.1) is 11.8 Å². The van der Waals surface area contributed by atoms with E-state index >= 15 is 0 Å². The maximum Gasteiger partial charge on any atom is 0.416 e. The largest absolute Gasteiger partial charge is 0.416 e. The Morgan fingerprint density at radius 2 is 1.78 bits per heavy atom. The second kappa shape index (κ2) is 7.42. The Bertz CT molecular complexity index is 837. The summed E-state index contributed by atoms with van der Waals surface area (Å²) in [6.45, 7) is 2.33. The van der Waals surface area contributed by atoms with Gasteiger partial charge in [-0.3, -0.25) is 9.59 Å². The van der Waals surface area contributed by atoms with E-state index in [4.69, 9.17) is 0 Å². The number of nitrogens with zero attached hydrogens (tertiary/aromatic N) is 1. The molecule has 1 N–H and O–H groups in total. The zero-order valence-electron chi connectivity index (χ0n) is 14.7. The molecular formula is C20H19F3N2O2. The number of nitrogens with one attached hydrogen (secondary N) is 1. The molecule has 0 heterocycles. The van der Waals surface area contributed by atoms with Crippen LogP contribution in [0.2, 0.25) is 0 Å². The highest BCUT2D eigenvalue weighted by Crippen LogP contribution is 2.41. The van der Waals surface area contributed by atoms with Gasteiger partial charge >= 0.3 is 6.18 Å². The maximum absolute atomic E-state index is 12.8. The van der Waals surface area contributed by atoms with E-state index < -0.39 is 29.5 Å². The second-order valence-electron chi connectivity index (χ2n) is 6.43. The molecule has 1 saturated carbocycles. The Labute approximate surface area is 155 Å². The molecule has 0 spiro atoms. The Balaban J connectivity index is 1.64. The van der Waals surface area contributed by atoms with E-state index in [2.05, 4.69) is 5.32 Å². The normalized spacial score (nSPS) is 18.7. The zero-order valence-corrected chi connectivity index (χ0v) is 14.7. The number of para-hydroxylation sites is 1. The van der Waals surface area contributed by atoms with Crippen LogP contribution < -0.4 is 10.2 Å². The predicted octanol–water partition coefficient (Wildman–Crippen LogP) is 4.33. The molecule has 0 aliphatic heterocycles. The number of hydrogen-bond donors (Lipinski definition) is 1. The van der Waals surface area contributed by atoms with Gasteiger partial charge in [-0.1, -0.05) is 24.3 Å². The van der Waals surface area contributed by atoms with Crippen molar-refractivity contribution in [1.82, 2.24) is 0 Å². The molecule has 2 atom stereocenters. The number of rotatable bonds is 5. The number of anilines is 2. The van der Waals surface area contributed by atoms with Crippen LogP contribution in [0.3, 0.4) is 0 Å². The van der Waals surface area contributed by atoms with E-state index in [1.165, 1.54) is 12.1 Å². The second-order valence-corrected chi connectivity index (χ2v) is 6.43. The third kappa shape index (κ3) is 4.30. The number of carbonyl (C=O) groups excluding carboxylic acids is 2. The first-order valence-electron chi connectivity index (χ1n) is 8.65. The van der Waals surface area contributed by atoms with Crippen LogP contribution in [0.5, 0.6) is 0 Å². The van der Waals surface area contributed by atoms with Gasteiger partial charge in [0.25, 0.3) is 0 Å². The van der Waals surface area contributed by atoms with Gasteiger partial charge in [0.15, 0.2) is 0 Å². The number of halogens is 3. The minimum atomic E-state index is -4.48. The quantitative estimate of drug-likeness (QED) is 0.844. The van der Waals surface area contributed by atoms with E-state index in [0.717, 1.165) is 17.8 Å². The third-order valence-electron chi connectivity index (χ3n) is 4.55. The summed E-state index contributed by atoms with van der Waals surface area (Å²) >= 11 is 0. The lowest BCUT2D eigenvalue weighted by Crippen LogP contribution is -2.33. The van der Waals surface area contributed by atoms with Gasteiger partial charge in [0.1, 0.15) is 0 Å². The zero-order chi connectivity index (χ0) is 19.6. The van der Waals surface area contributed by atoms with Crippen LogP contribution in [-0.2, 0) is 15.8 Å². The summed E-state index contributed by atoms with van der Waals surface area (Å²) in [5.74, 6) is -1.55. The van der Waals surface area contributed by atoms with Crippen LogP contribution >= 0.6 is 0 Å². The fourth-order valence-corrected chi connectivity index (χ4v) is 3.04. The van der Waals surface area contributed by atoms with Crippen LogP contribution in [0.15, 0.2) is 54.6 Å². The Morgan fingerprint density at radius 1 is 1.07 bits per heavy atom. The highest BCUT2D eigenvalue weighted by molar-refractivity contribution is 6.04. The van der Waals surface area contributed by atoms with Crippen molar-refractivity contribution < 1.29 is 22.8 Å². The highest BCUT2D eigenvalue weighted by atomic mass is 19.4. The minimum Gasteiger partial charge on any atom is -0.326 e. The molecule has 142 valence electrons. The molecule has 7 heteroatoms. The third-order valence-corrected chi connectivity index (χ3v) is 4.55. The van der Waals surface area contributed by atoms with E-state index in [9.17, 15) is 22.8 Å². The molecule has 2 unspecified atom stereocenters. The fourth-order valence-electron chi connectivity index (χ4n) is 3.04. The van der Waals surface area contributed by atoms with Gasteiger partial charge in [0.05, 0.1) is 17.4 Å². The lowest BCUT2D eigenvalue weighted by atomic mass is 10.2. The van der Waals surface area contributed by atoms with Crippen LogP contribution in [0.25, 0.3) is 0 Å². The number of alkyl halides is 3. The number of carbonyl (C=O) groups is 2. The van der Waals surface area contributed by atoms with Crippen molar-refractivity contribution in [3.8, 4) is 0 Å². The Kier molecular flexibility index (Phi) is 5.21. The van der Waals surface area contributed by atoms with Crippen molar-refractivity contribution in [2.75, 3.05) is 16.8 Å². The molecule has 2 aromatic carbocycles. The van der Waals surface area contributed by atoms with Crippen LogP contribution in [-0.4, -0.2) is 18.4 Å². The van der Waals surface area contributed by atoms with Gasteiger partial charge in [-0.2, -0.15) is 13.2 Å². The molecule has 2 aromatic rings. The molecule has 0 bridgehead atoms. The fraction of sp³-hybridized carbons (Fsp3) is 0.300. The van der Waals surface area contributed by atoms with Crippen molar-refractivity contribution in [1.29, 1.82) is 0 Å². The number of benzene rings is 2. The summed E-state index contributed by atoms with van der Waals surface area (Å²) in [7, 11) is 0. The van der Waals surface area contributed by atoms with Gasteiger partial charge in [-0.15, -0.1) is 0 Å². The molecule has 1 aliphatic carbocycles. The van der Waals surface area contributed by atoms with Crippen molar-refractivity contribution in [3.63, 3.8) is 0 Å². The molecule has 1 fully saturated rings. The lowest BCUT2D eigenvalue weighted by molar-refractivity contribution is -0.137. The van der Waals surface area contributed by atoms with E-state index in [-0.39, 0.29) is 11.6 Å². The molecule has 0 aromatic heterocycles. The average molecular weight is 376 g/mol. The first-order chi connectivity index (χ1) is 12.8. The summed E-state index contributed by atoms with van der Waals surface area (Å²) in [5.41, 5.74) is 0.00206. The standard InChI is InChI=1S/C20H19F3N2O2/c1-2-25(15-9-4-3-5-10-15)19(27)17-12-16(17)18(26)24-14-8-6-7-13(11-14)20(21,22)23/h3-11,16-17H,2,12H2,1H3,(H,24,26). The van der Waals surface area contributed by atoms with Gasteiger partial charge in [0, 0.05) is 17.9 Å². The number of amides is 2. The molecular weight excluding hydrogens is 357 g/mol. The SMILES string of the molecule is CCN(C(=O)C1CC1C(=O)Nc1cccc(C(F)(F)F)c1)c1ccccc1. The molecule has 3 rings (SSSR count). The monoisotopic (exact) mass is 376 g/mol. The molecule has 1 aliphatic rings. The van der Waals surface area contributed by atoms with Gasteiger partial charge in [-0.05, 0) is 43.7 Å². The molecule has 0 saturated heterocycles. The molecule has 4 nitrogen and oxygen atoms in total. The molecule has 0 radical (unpaired) electrons. The Hall–Kier alpha value is -2.83. The van der Waals surface area contributed by atoms with Crippen molar-refractivity contribution >= 4 is 23.2 Å². The van der Waals surface area contributed by atoms with Gasteiger partial charge in [0.2, 0.25) is 11.8 Å². The molecule has 2 amide bonds. The average Bonchev–Trinajstić information content (AvgIpc) is 3.44. The first-order valence-corrected chi connectivity index (χ1v) is 8.65. The minimum absolute atomic E-state index is 0.0725. The van der Waals surface area contributed by atoms with Gasteiger partial charge < -0.3 is 10.2 Å². The summed E-state index contributed by atoms with van der Waals surface area (Å²) in [6.07, 6.45) is -4.08. The van der Waals surface area contributed by atoms with Crippen molar-refractivity contribution in [3.05, 3.63) is 60.2 Å². The van der Waals surface area contributed by atoms with Crippen molar-refractivity contribution in [2.24, 2.45) is 11.8 Å². The van der Waals surface area contributed by atoms with E-state index in [1.807, 2.05) is 37.3 Å². The van der Waals surface area contributed by atoms with E-state index in [0.29, 0.717) is 13.0 Å². The van der Waals surface area contributed by atoms with Crippen LogP contribution in [0.1, 0.15) is 18.9 Å². The highest BCUT2D eigenvalue weighted by Gasteiger charge is 2.49. The summed E-state index contributed by atoms with van der Waals surface area (Å²) < 4.78 is 38.3. The summed E-state index contributed by atoms with van der Waals surface area (Å²) in [4.78, 5) is 26.6. The maximum atomic E-state index is 12.8. The lowest BCUT2D eigenvalue weighted by Gasteiger charge is -2.21. The van der Waals surface area contributed by atoms with Gasteiger partial charge in [-0.25, -0.2) is 0 Å². The molecule has 27 heavy (non-hydrogen) atoms. The smallest absolute Gasteiger partial charge is 0.326 e. The summed E-state index contributed by atoms with van der Waals surface area (Å²) in [5, 5.41) is 2.49. The first kappa shape index (κ1) is 18.9.